The van der Waals surface area contributed by atoms with E-state index in [9.17, 15) is 4.79 Å². The largest absolute Gasteiger partial charge is 0.384 e. The molecule has 0 saturated heterocycles. The van der Waals surface area contributed by atoms with Crippen LogP contribution < -0.4 is 10.6 Å². The monoisotopic (exact) mass is 274 g/mol. The zero-order chi connectivity index (χ0) is 14.4. The first kappa shape index (κ1) is 14.9. The highest BCUT2D eigenvalue weighted by Crippen LogP contribution is 2.23. The molecule has 0 radical (unpaired) electrons. The van der Waals surface area contributed by atoms with E-state index in [1.807, 2.05) is 6.07 Å². The number of para-hydroxylation sites is 1. The Labute approximate surface area is 122 Å². The van der Waals surface area contributed by atoms with Gasteiger partial charge in [-0.1, -0.05) is 44.9 Å². The van der Waals surface area contributed by atoms with Gasteiger partial charge in [-0.05, 0) is 30.4 Å². The average Bonchev–Trinajstić information content (AvgIpc) is 2.92. The molecule has 1 aliphatic carbocycles. The van der Waals surface area contributed by atoms with Crippen LogP contribution in [0.4, 0.5) is 5.69 Å². The molecule has 0 spiro atoms. The normalized spacial score (nSPS) is 15.6. The summed E-state index contributed by atoms with van der Waals surface area (Å²) in [5.41, 5.74) is 2.46. The number of hydrogen-bond donors (Lipinski definition) is 2. The van der Waals surface area contributed by atoms with Gasteiger partial charge >= 0.3 is 0 Å². The summed E-state index contributed by atoms with van der Waals surface area (Å²) < 4.78 is 0. The Morgan fingerprint density at radius 1 is 1.25 bits per heavy atom. The Hall–Kier alpha value is -1.51. The number of rotatable bonds is 6. The van der Waals surface area contributed by atoms with Crippen molar-refractivity contribution in [3.63, 3.8) is 0 Å². The Kier molecular flexibility index (Phi) is 5.45. The predicted molar refractivity (Wildman–Crippen MR) is 84.0 cm³/mol. The maximum Gasteiger partial charge on any atom is 0.221 e. The Morgan fingerprint density at radius 3 is 2.65 bits per heavy atom. The van der Waals surface area contributed by atoms with Crippen molar-refractivity contribution in [2.75, 3.05) is 11.9 Å². The van der Waals surface area contributed by atoms with Crippen molar-refractivity contribution in [1.82, 2.24) is 5.32 Å². The van der Waals surface area contributed by atoms with Gasteiger partial charge in [0.25, 0.3) is 0 Å². The van der Waals surface area contributed by atoms with Crippen molar-refractivity contribution in [3.8, 4) is 0 Å². The molecule has 3 nitrogen and oxygen atoms in total. The first-order chi connectivity index (χ1) is 9.66. The molecule has 0 aromatic heterocycles. The van der Waals surface area contributed by atoms with E-state index in [2.05, 4.69) is 42.7 Å². The van der Waals surface area contributed by atoms with E-state index in [4.69, 9.17) is 0 Å². The van der Waals surface area contributed by atoms with Crippen molar-refractivity contribution in [1.29, 1.82) is 0 Å². The topological polar surface area (TPSA) is 41.1 Å². The molecule has 110 valence electrons. The lowest BCUT2D eigenvalue weighted by Gasteiger charge is -2.15. The van der Waals surface area contributed by atoms with Crippen LogP contribution in [0.3, 0.4) is 0 Å². The van der Waals surface area contributed by atoms with Crippen LogP contribution in [-0.2, 0) is 4.79 Å². The SMILES string of the molecule is CC(C)c1ccccc1NCCC(=O)NC1CCCC1. The minimum atomic E-state index is 0.173. The lowest BCUT2D eigenvalue weighted by atomic mass is 10.0. The van der Waals surface area contributed by atoms with Crippen LogP contribution in [0.2, 0.25) is 0 Å². The van der Waals surface area contributed by atoms with Gasteiger partial charge in [0.1, 0.15) is 0 Å². The third-order valence-electron chi connectivity index (χ3n) is 3.97. The second kappa shape index (κ2) is 7.32. The smallest absolute Gasteiger partial charge is 0.221 e. The van der Waals surface area contributed by atoms with Crippen molar-refractivity contribution in [2.24, 2.45) is 0 Å². The molecular weight excluding hydrogens is 248 g/mol. The lowest BCUT2D eigenvalue weighted by molar-refractivity contribution is -0.121. The van der Waals surface area contributed by atoms with E-state index in [1.165, 1.54) is 18.4 Å². The zero-order valence-electron chi connectivity index (χ0n) is 12.6. The highest BCUT2D eigenvalue weighted by Gasteiger charge is 2.16. The second-order valence-corrected chi connectivity index (χ2v) is 5.97. The summed E-state index contributed by atoms with van der Waals surface area (Å²) in [6, 6.07) is 8.75. The van der Waals surface area contributed by atoms with E-state index >= 15 is 0 Å². The van der Waals surface area contributed by atoms with E-state index in [-0.39, 0.29) is 5.91 Å². The molecule has 1 aromatic rings. The van der Waals surface area contributed by atoms with Crippen molar-refractivity contribution in [3.05, 3.63) is 29.8 Å². The fraction of sp³-hybridized carbons (Fsp3) is 0.588. The van der Waals surface area contributed by atoms with Crippen LogP contribution >= 0.6 is 0 Å². The van der Waals surface area contributed by atoms with E-state index < -0.39 is 0 Å². The van der Waals surface area contributed by atoms with Gasteiger partial charge in [-0.3, -0.25) is 4.79 Å². The van der Waals surface area contributed by atoms with Crippen LogP contribution in [0.15, 0.2) is 24.3 Å². The molecule has 20 heavy (non-hydrogen) atoms. The number of hydrogen-bond acceptors (Lipinski definition) is 2. The molecule has 2 N–H and O–H groups in total. The third-order valence-corrected chi connectivity index (χ3v) is 3.97. The molecule has 0 heterocycles. The summed E-state index contributed by atoms with van der Waals surface area (Å²) in [6.07, 6.45) is 5.35. The summed E-state index contributed by atoms with van der Waals surface area (Å²) in [4.78, 5) is 11.9. The third kappa shape index (κ3) is 4.26. The fourth-order valence-electron chi connectivity index (χ4n) is 2.84. The van der Waals surface area contributed by atoms with Gasteiger partial charge in [0.15, 0.2) is 0 Å². The molecule has 0 bridgehead atoms. The van der Waals surface area contributed by atoms with E-state index in [0.29, 0.717) is 24.9 Å². The molecule has 0 atom stereocenters. The van der Waals surface area contributed by atoms with Gasteiger partial charge in [0, 0.05) is 24.7 Å². The highest BCUT2D eigenvalue weighted by atomic mass is 16.1. The van der Waals surface area contributed by atoms with Gasteiger partial charge in [-0.15, -0.1) is 0 Å². The molecule has 3 heteroatoms. The van der Waals surface area contributed by atoms with Crippen LogP contribution in [0.5, 0.6) is 0 Å². The number of anilines is 1. The second-order valence-electron chi connectivity index (χ2n) is 5.97. The lowest BCUT2D eigenvalue weighted by Crippen LogP contribution is -2.33. The highest BCUT2D eigenvalue weighted by molar-refractivity contribution is 5.76. The number of carbonyl (C=O) groups excluding carboxylic acids is 1. The Balaban J connectivity index is 1.76. The van der Waals surface area contributed by atoms with Crippen molar-refractivity contribution in [2.45, 2.75) is 57.9 Å². The summed E-state index contributed by atoms with van der Waals surface area (Å²) in [6.45, 7) is 5.07. The van der Waals surface area contributed by atoms with Crippen molar-refractivity contribution < 1.29 is 4.79 Å². The molecule has 1 aromatic carbocycles. The maximum absolute atomic E-state index is 11.9. The van der Waals surface area contributed by atoms with Gasteiger partial charge in [-0.25, -0.2) is 0 Å². The van der Waals surface area contributed by atoms with Gasteiger partial charge in [0.2, 0.25) is 5.91 Å². The number of carbonyl (C=O) groups is 1. The Morgan fingerprint density at radius 2 is 1.95 bits per heavy atom. The average molecular weight is 274 g/mol. The summed E-state index contributed by atoms with van der Waals surface area (Å²) in [5.74, 6) is 0.664. The minimum absolute atomic E-state index is 0.173. The summed E-state index contributed by atoms with van der Waals surface area (Å²) in [5, 5.41) is 6.51. The quantitative estimate of drug-likeness (QED) is 0.831. The van der Waals surface area contributed by atoms with Crippen LogP contribution in [0.1, 0.15) is 57.4 Å². The molecular formula is C17H26N2O. The van der Waals surface area contributed by atoms with Gasteiger partial charge in [-0.2, -0.15) is 0 Å². The predicted octanol–water partition coefficient (Wildman–Crippen LogP) is 3.67. The summed E-state index contributed by atoms with van der Waals surface area (Å²) >= 11 is 0. The van der Waals surface area contributed by atoms with Gasteiger partial charge in [0.05, 0.1) is 0 Å². The number of benzene rings is 1. The van der Waals surface area contributed by atoms with Gasteiger partial charge < -0.3 is 10.6 Å². The minimum Gasteiger partial charge on any atom is -0.384 e. The van der Waals surface area contributed by atoms with E-state index in [0.717, 1.165) is 18.5 Å². The van der Waals surface area contributed by atoms with Crippen LogP contribution in [0.25, 0.3) is 0 Å². The number of amides is 1. The molecule has 0 unspecified atom stereocenters. The summed E-state index contributed by atoms with van der Waals surface area (Å²) in [7, 11) is 0. The van der Waals surface area contributed by atoms with E-state index in [1.54, 1.807) is 0 Å². The standard InChI is InChI=1S/C17H26N2O/c1-13(2)15-9-5-6-10-16(15)18-12-11-17(20)19-14-7-3-4-8-14/h5-6,9-10,13-14,18H,3-4,7-8,11-12H2,1-2H3,(H,19,20). The van der Waals surface area contributed by atoms with Crippen molar-refractivity contribution >= 4 is 11.6 Å². The van der Waals surface area contributed by atoms with Crippen LogP contribution in [-0.4, -0.2) is 18.5 Å². The Bertz CT molecular complexity index is 436. The molecule has 1 aliphatic rings. The maximum atomic E-state index is 11.9. The molecule has 1 saturated carbocycles. The zero-order valence-corrected chi connectivity index (χ0v) is 12.6. The molecule has 0 aliphatic heterocycles. The van der Waals surface area contributed by atoms with Crippen LogP contribution in [0, 0.1) is 0 Å². The molecule has 2 rings (SSSR count). The molecule has 1 fully saturated rings. The first-order valence-electron chi connectivity index (χ1n) is 7.79. The molecule has 1 amide bonds. The first-order valence-corrected chi connectivity index (χ1v) is 7.79. The fourth-order valence-corrected chi connectivity index (χ4v) is 2.84. The number of nitrogens with one attached hydrogen (secondary N) is 2.